The fraction of sp³-hybridized carbons (Fsp3) is 0.333. The van der Waals surface area contributed by atoms with Crippen LogP contribution in [-0.4, -0.2) is 67.4 Å². The molecule has 6 rings (SSSR count). The summed E-state index contributed by atoms with van der Waals surface area (Å²) in [7, 11) is 4.08. The maximum Gasteiger partial charge on any atom is 0.231 e. The lowest BCUT2D eigenvalue weighted by molar-refractivity contribution is -0.451. The summed E-state index contributed by atoms with van der Waals surface area (Å²) in [5.41, 5.74) is 12.4. The molecule has 2 aliphatic heterocycles. The van der Waals surface area contributed by atoms with Crippen molar-refractivity contribution < 1.29 is 9.15 Å². The van der Waals surface area contributed by atoms with Crippen LogP contribution in [0.25, 0.3) is 17.0 Å². The SMILES string of the molecule is [C-]#[N+]CCN(C)c1ccc(/C=C/C2=[N+](CCCC[N+]3=C(/C=C/c4ccc(N(C)CCC#N)cc4)C(C)(C)c4ccccc43)c3ccccc3C2(C)C)cc1. The van der Waals surface area contributed by atoms with Crippen LogP contribution < -0.4 is 9.80 Å². The van der Waals surface area contributed by atoms with Gasteiger partial charge in [-0.15, -0.1) is 0 Å². The zero-order valence-corrected chi connectivity index (χ0v) is 32.9. The number of unbranched alkanes of at least 4 members (excludes halogenated alkanes) is 1. The Morgan fingerprint density at radius 1 is 0.630 bits per heavy atom. The third kappa shape index (κ3) is 7.95. The summed E-state index contributed by atoms with van der Waals surface area (Å²) in [6.45, 7) is 20.3. The molecule has 4 aromatic rings. The number of nitriles is 1. The van der Waals surface area contributed by atoms with Crippen molar-refractivity contribution in [1.29, 1.82) is 5.26 Å². The molecule has 0 N–H and O–H groups in total. The van der Waals surface area contributed by atoms with Crippen molar-refractivity contribution in [2.45, 2.75) is 57.8 Å². The lowest BCUT2D eigenvalue weighted by Crippen LogP contribution is -2.28. The molecule has 54 heavy (non-hydrogen) atoms. The molecule has 2 heterocycles. The van der Waals surface area contributed by atoms with E-state index in [1.165, 1.54) is 39.5 Å². The molecule has 274 valence electrons. The molecule has 0 radical (unpaired) electrons. The average molecular weight is 715 g/mol. The molecular weight excluding hydrogens is 661 g/mol. The van der Waals surface area contributed by atoms with Gasteiger partial charge in [-0.25, -0.2) is 6.57 Å². The number of rotatable bonds is 15. The van der Waals surface area contributed by atoms with Crippen LogP contribution >= 0.6 is 0 Å². The van der Waals surface area contributed by atoms with Crippen molar-refractivity contribution in [2.75, 3.05) is 56.6 Å². The van der Waals surface area contributed by atoms with Gasteiger partial charge in [-0.05, 0) is 75.2 Å². The van der Waals surface area contributed by atoms with E-state index in [0.29, 0.717) is 13.0 Å². The van der Waals surface area contributed by atoms with Gasteiger partial charge in [-0.3, -0.25) is 0 Å². The Morgan fingerprint density at radius 2 is 1.06 bits per heavy atom. The van der Waals surface area contributed by atoms with E-state index >= 15 is 0 Å². The smallest absolute Gasteiger partial charge is 0.231 e. The van der Waals surface area contributed by atoms with Crippen molar-refractivity contribution in [3.8, 4) is 6.07 Å². The maximum absolute atomic E-state index is 8.98. The molecule has 2 aliphatic rings. The van der Waals surface area contributed by atoms with Gasteiger partial charge < -0.3 is 14.6 Å². The Hall–Kier alpha value is -5.72. The second kappa shape index (κ2) is 16.5. The number of fused-ring (bicyclic) bond motifs is 2. The fourth-order valence-corrected chi connectivity index (χ4v) is 8.01. The van der Waals surface area contributed by atoms with Gasteiger partial charge in [0.1, 0.15) is 13.1 Å². The van der Waals surface area contributed by atoms with Crippen molar-refractivity contribution in [3.63, 3.8) is 0 Å². The molecule has 0 saturated carbocycles. The Kier molecular flexibility index (Phi) is 11.6. The van der Waals surface area contributed by atoms with Crippen LogP contribution in [-0.2, 0) is 10.8 Å². The number of hydrogen-bond acceptors (Lipinski definition) is 3. The molecule has 0 fully saturated rings. The van der Waals surface area contributed by atoms with Gasteiger partial charge in [-0.1, -0.05) is 60.7 Å². The topological polar surface area (TPSA) is 40.6 Å². The highest BCUT2D eigenvalue weighted by Crippen LogP contribution is 2.42. The van der Waals surface area contributed by atoms with E-state index in [9.17, 15) is 0 Å². The Labute approximate surface area is 323 Å². The minimum atomic E-state index is -0.112. The Morgan fingerprint density at radius 3 is 1.48 bits per heavy atom. The van der Waals surface area contributed by atoms with Gasteiger partial charge in [0, 0.05) is 80.3 Å². The maximum atomic E-state index is 8.98. The van der Waals surface area contributed by atoms with Crippen LogP contribution in [0.2, 0.25) is 0 Å². The van der Waals surface area contributed by atoms with Gasteiger partial charge in [0.2, 0.25) is 17.9 Å². The van der Waals surface area contributed by atoms with Crippen molar-refractivity contribution in [2.24, 2.45) is 0 Å². The van der Waals surface area contributed by atoms with E-state index in [4.69, 9.17) is 11.8 Å². The first-order chi connectivity index (χ1) is 26.1. The van der Waals surface area contributed by atoms with Crippen molar-refractivity contribution in [1.82, 2.24) is 0 Å². The number of hydrogen-bond donors (Lipinski definition) is 0. The van der Waals surface area contributed by atoms with Gasteiger partial charge in [0.15, 0.2) is 11.4 Å². The van der Waals surface area contributed by atoms with Crippen LogP contribution in [0.5, 0.6) is 0 Å². The van der Waals surface area contributed by atoms with Crippen molar-refractivity contribution >= 4 is 46.3 Å². The van der Waals surface area contributed by atoms with E-state index in [0.717, 1.165) is 56.0 Å². The summed E-state index contributed by atoms with van der Waals surface area (Å²) in [5.74, 6) is 0. The van der Waals surface area contributed by atoms with Crippen LogP contribution in [0.4, 0.5) is 22.7 Å². The molecule has 0 aliphatic carbocycles. The van der Waals surface area contributed by atoms with Gasteiger partial charge in [-0.2, -0.15) is 14.4 Å². The highest BCUT2D eigenvalue weighted by molar-refractivity contribution is 6.06. The molecule has 4 aromatic carbocycles. The third-order valence-corrected chi connectivity index (χ3v) is 11.3. The number of allylic oxidation sites excluding steroid dienone is 2. The fourth-order valence-electron chi connectivity index (χ4n) is 8.01. The summed E-state index contributed by atoms with van der Waals surface area (Å²) in [5, 5.41) is 8.98. The van der Waals surface area contributed by atoms with E-state index in [1.807, 2.05) is 14.1 Å². The second-order valence-corrected chi connectivity index (χ2v) is 15.5. The van der Waals surface area contributed by atoms with Gasteiger partial charge in [0.05, 0.1) is 29.9 Å². The summed E-state index contributed by atoms with van der Waals surface area (Å²) >= 11 is 0. The zero-order valence-electron chi connectivity index (χ0n) is 32.9. The van der Waals surface area contributed by atoms with E-state index in [1.54, 1.807) is 0 Å². The number of anilines is 2. The normalized spacial score (nSPS) is 15.4. The first-order valence-electron chi connectivity index (χ1n) is 19.2. The minimum absolute atomic E-state index is 0.110. The first kappa shape index (κ1) is 38.0. The van der Waals surface area contributed by atoms with Crippen LogP contribution in [0.1, 0.15) is 69.2 Å². The van der Waals surface area contributed by atoms with Crippen LogP contribution in [0.3, 0.4) is 0 Å². The van der Waals surface area contributed by atoms with Crippen molar-refractivity contribution in [3.05, 3.63) is 143 Å². The highest BCUT2D eigenvalue weighted by Gasteiger charge is 2.45. The summed E-state index contributed by atoms with van der Waals surface area (Å²) in [4.78, 5) is 7.76. The number of nitrogens with zero attached hydrogens (tertiary/aromatic N) is 6. The Bertz CT molecular complexity index is 2010. The summed E-state index contributed by atoms with van der Waals surface area (Å²) in [6, 6.07) is 37.3. The molecule has 6 heteroatoms. The third-order valence-electron chi connectivity index (χ3n) is 11.3. The van der Waals surface area contributed by atoms with E-state index in [2.05, 4.69) is 179 Å². The molecule has 0 amide bonds. The van der Waals surface area contributed by atoms with Crippen LogP contribution in [0.15, 0.2) is 109 Å². The zero-order chi connectivity index (χ0) is 38.3. The lowest BCUT2D eigenvalue weighted by Gasteiger charge is -2.17. The molecule has 0 unspecified atom stereocenters. The summed E-state index contributed by atoms with van der Waals surface area (Å²) in [6.07, 6.45) is 11.8. The monoisotopic (exact) mass is 714 g/mol. The highest BCUT2D eigenvalue weighted by atomic mass is 15.1. The molecule has 6 nitrogen and oxygen atoms in total. The minimum Gasteiger partial charge on any atom is -0.374 e. The predicted octanol–water partition coefficient (Wildman–Crippen LogP) is 10.1. The summed E-state index contributed by atoms with van der Waals surface area (Å²) < 4.78 is 5.09. The molecule has 0 aromatic heterocycles. The van der Waals surface area contributed by atoms with Gasteiger partial charge in [0.25, 0.3) is 0 Å². The number of para-hydroxylation sites is 2. The van der Waals surface area contributed by atoms with Crippen LogP contribution in [0, 0.1) is 17.9 Å². The molecule has 0 bridgehead atoms. The quantitative estimate of drug-likeness (QED) is 0.0700. The van der Waals surface area contributed by atoms with Gasteiger partial charge >= 0.3 is 0 Å². The predicted molar refractivity (Wildman–Crippen MR) is 227 cm³/mol. The second-order valence-electron chi connectivity index (χ2n) is 15.5. The lowest BCUT2D eigenvalue weighted by atomic mass is 9.81. The largest absolute Gasteiger partial charge is 0.374 e. The Balaban J connectivity index is 1.21. The average Bonchev–Trinajstić information content (AvgIpc) is 3.54. The molecule has 0 spiro atoms. The molecular formula is C48H54N6+2. The first-order valence-corrected chi connectivity index (χ1v) is 19.2. The number of likely N-dealkylation sites (N-methyl/N-ethyl adjacent to an activating group) is 1. The van der Waals surface area contributed by atoms with E-state index < -0.39 is 0 Å². The molecule has 0 atom stereocenters. The number of benzene rings is 4. The standard InChI is InChI=1S/C48H54N6/c1-47(2)41-15-8-10-17-43(41)53(45(47)29-23-37-19-25-39(26-20-37)51(6)33-14-31-49)34-12-13-35-54-44-18-11-9-16-42(44)48(3,4)46(54)30-24-38-21-27-40(28-22-38)52(7)36-32-50-5/h8-11,15-30H,12-14,32-36H2,1-4,6-7H3/q+2. The molecule has 0 saturated heterocycles. The van der Waals surface area contributed by atoms with E-state index in [-0.39, 0.29) is 10.8 Å².